The number of alkyl carbamates (subject to hydrolysis) is 1. The number of nitrogens with zero attached hydrogens (tertiary/aromatic N) is 1. The first-order valence-electron chi connectivity index (χ1n) is 14.5. The Labute approximate surface area is 270 Å². The lowest BCUT2D eigenvalue weighted by atomic mass is 10.0. The average Bonchev–Trinajstić information content (AvgIpc) is 3.65. The van der Waals surface area contributed by atoms with Crippen LogP contribution < -0.4 is 5.32 Å². The van der Waals surface area contributed by atoms with Gasteiger partial charge in [-0.1, -0.05) is 78.9 Å². The van der Waals surface area contributed by atoms with Crippen LogP contribution in [0.3, 0.4) is 0 Å². The van der Waals surface area contributed by atoms with E-state index in [-0.39, 0.29) is 28.7 Å². The van der Waals surface area contributed by atoms with E-state index >= 15 is 0 Å². The van der Waals surface area contributed by atoms with Gasteiger partial charge in [0.05, 0.1) is 16.4 Å². The van der Waals surface area contributed by atoms with Crippen molar-refractivity contribution in [2.75, 3.05) is 12.3 Å². The molecule has 0 saturated carbocycles. The molecule has 3 amide bonds. The van der Waals surface area contributed by atoms with E-state index < -0.39 is 41.6 Å². The topological polar surface area (TPSA) is 102 Å². The highest BCUT2D eigenvalue weighted by molar-refractivity contribution is 7.99. The van der Waals surface area contributed by atoms with Crippen LogP contribution in [0.15, 0.2) is 102 Å². The molecular formula is C35H34N2O6S2. The number of thiophene rings is 1. The van der Waals surface area contributed by atoms with Crippen LogP contribution in [-0.4, -0.2) is 52.7 Å². The van der Waals surface area contributed by atoms with Crippen LogP contribution in [0.1, 0.15) is 68.8 Å². The van der Waals surface area contributed by atoms with Crippen molar-refractivity contribution in [3.05, 3.63) is 130 Å². The molecule has 0 radical (unpaired) electrons. The number of carbonyl (C=O) groups is 4. The summed E-state index contributed by atoms with van der Waals surface area (Å²) in [7, 11) is 0. The summed E-state index contributed by atoms with van der Waals surface area (Å²) in [4.78, 5) is 55.9. The van der Waals surface area contributed by atoms with Gasteiger partial charge in [-0.05, 0) is 55.5 Å². The van der Waals surface area contributed by atoms with Gasteiger partial charge in [-0.3, -0.25) is 14.5 Å². The average molecular weight is 643 g/mol. The minimum absolute atomic E-state index is 0.0408. The molecule has 1 aromatic heterocycles. The molecule has 0 fully saturated rings. The molecule has 1 aliphatic heterocycles. The Morgan fingerprint density at radius 1 is 0.822 bits per heavy atom. The van der Waals surface area contributed by atoms with Crippen molar-refractivity contribution in [2.24, 2.45) is 0 Å². The maximum Gasteiger partial charge on any atom is 0.407 e. The lowest BCUT2D eigenvalue weighted by Gasteiger charge is -2.28. The zero-order chi connectivity index (χ0) is 32.0. The molecule has 2 unspecified atom stereocenters. The highest BCUT2D eigenvalue weighted by atomic mass is 32.2. The van der Waals surface area contributed by atoms with E-state index in [1.807, 2.05) is 78.2 Å². The predicted octanol–water partition coefficient (Wildman–Crippen LogP) is 7.04. The van der Waals surface area contributed by atoms with Gasteiger partial charge in [0.2, 0.25) is 0 Å². The molecule has 5 rings (SSSR count). The van der Waals surface area contributed by atoms with Crippen molar-refractivity contribution in [3.8, 4) is 0 Å². The van der Waals surface area contributed by atoms with E-state index in [4.69, 9.17) is 9.47 Å². The van der Waals surface area contributed by atoms with Crippen LogP contribution >= 0.6 is 23.1 Å². The molecule has 1 aliphatic rings. The van der Waals surface area contributed by atoms with E-state index in [1.54, 1.807) is 45.0 Å². The largest absolute Gasteiger partial charge is 0.451 e. The molecule has 4 aromatic rings. The quantitative estimate of drug-likeness (QED) is 0.138. The Balaban J connectivity index is 1.43. The number of thioether (sulfide) groups is 1. The number of ether oxygens (including phenoxy) is 2. The fourth-order valence-corrected chi connectivity index (χ4v) is 7.15. The Morgan fingerprint density at radius 2 is 1.38 bits per heavy atom. The van der Waals surface area contributed by atoms with Crippen LogP contribution in [0.25, 0.3) is 0 Å². The summed E-state index contributed by atoms with van der Waals surface area (Å²) in [6.45, 7) is 5.57. The number of benzene rings is 3. The van der Waals surface area contributed by atoms with Crippen LogP contribution in [-0.2, 0) is 14.3 Å². The summed E-state index contributed by atoms with van der Waals surface area (Å²) < 4.78 is 11.6. The molecule has 1 N–H and O–H groups in total. The first kappa shape index (κ1) is 32.0. The molecular weight excluding hydrogens is 609 g/mol. The van der Waals surface area contributed by atoms with Gasteiger partial charge in [0, 0.05) is 17.2 Å². The summed E-state index contributed by atoms with van der Waals surface area (Å²) in [5, 5.41) is 4.46. The maximum atomic E-state index is 14.2. The van der Waals surface area contributed by atoms with Crippen molar-refractivity contribution in [2.45, 2.75) is 43.8 Å². The van der Waals surface area contributed by atoms with Crippen molar-refractivity contribution in [3.63, 3.8) is 0 Å². The smallest absolute Gasteiger partial charge is 0.407 e. The van der Waals surface area contributed by atoms with Crippen LogP contribution in [0.4, 0.5) is 4.79 Å². The highest BCUT2D eigenvalue weighted by Crippen LogP contribution is 2.36. The van der Waals surface area contributed by atoms with Crippen LogP contribution in [0.5, 0.6) is 0 Å². The number of carbonyl (C=O) groups excluding carboxylic acids is 4. The maximum absolute atomic E-state index is 14.2. The normalized spacial score (nSPS) is 14.2. The Kier molecular flexibility index (Phi) is 10.0. The first-order chi connectivity index (χ1) is 21.6. The van der Waals surface area contributed by atoms with Crippen molar-refractivity contribution >= 4 is 47.0 Å². The lowest BCUT2D eigenvalue weighted by Crippen LogP contribution is -2.47. The number of hydrogen-bond acceptors (Lipinski definition) is 8. The van der Waals surface area contributed by atoms with E-state index in [1.165, 1.54) is 23.1 Å². The van der Waals surface area contributed by atoms with Gasteiger partial charge < -0.3 is 14.8 Å². The molecule has 10 heteroatoms. The Bertz CT molecular complexity index is 1560. The molecule has 2 heterocycles. The van der Waals surface area contributed by atoms with Gasteiger partial charge in [-0.15, -0.1) is 23.1 Å². The minimum atomic E-state index is -1.23. The predicted molar refractivity (Wildman–Crippen MR) is 175 cm³/mol. The number of fused-ring (bicyclic) bond motifs is 1. The second-order valence-electron chi connectivity index (χ2n) is 11.4. The molecule has 8 nitrogen and oxygen atoms in total. The summed E-state index contributed by atoms with van der Waals surface area (Å²) in [6.07, 6.45) is -1.32. The van der Waals surface area contributed by atoms with Gasteiger partial charge in [-0.2, -0.15) is 0 Å². The molecule has 232 valence electrons. The second kappa shape index (κ2) is 14.1. The first-order valence-corrected chi connectivity index (χ1v) is 16.4. The number of rotatable bonds is 11. The fourth-order valence-electron chi connectivity index (χ4n) is 4.93. The summed E-state index contributed by atoms with van der Waals surface area (Å²) in [6, 6.07) is 27.8. The third-order valence-corrected chi connectivity index (χ3v) is 9.46. The number of esters is 1. The van der Waals surface area contributed by atoms with Gasteiger partial charge in [0.15, 0.2) is 6.10 Å². The van der Waals surface area contributed by atoms with Crippen molar-refractivity contribution in [1.29, 1.82) is 0 Å². The van der Waals surface area contributed by atoms with E-state index in [0.29, 0.717) is 0 Å². The monoisotopic (exact) mass is 642 g/mol. The zero-order valence-corrected chi connectivity index (χ0v) is 26.8. The third kappa shape index (κ3) is 7.82. The zero-order valence-electron chi connectivity index (χ0n) is 25.2. The van der Waals surface area contributed by atoms with E-state index in [0.717, 1.165) is 20.9 Å². The second-order valence-corrected chi connectivity index (χ2v) is 13.6. The molecule has 45 heavy (non-hydrogen) atoms. The number of imide groups is 1. The van der Waals surface area contributed by atoms with Crippen LogP contribution in [0, 0.1) is 0 Å². The molecule has 2 atom stereocenters. The molecule has 0 aliphatic carbocycles. The molecule has 0 saturated heterocycles. The van der Waals surface area contributed by atoms with Crippen molar-refractivity contribution < 1.29 is 28.7 Å². The highest BCUT2D eigenvalue weighted by Gasteiger charge is 2.44. The van der Waals surface area contributed by atoms with Crippen molar-refractivity contribution in [1.82, 2.24) is 10.2 Å². The Hall–Kier alpha value is -4.41. The Morgan fingerprint density at radius 3 is 1.89 bits per heavy atom. The van der Waals surface area contributed by atoms with Gasteiger partial charge >= 0.3 is 12.1 Å². The minimum Gasteiger partial charge on any atom is -0.451 e. The standard InChI is InChI=1S/C35H34N2O6S2/c1-35(2,3)43-34(41)36-21-29(28-19-12-20-44-28)45-22-27(37-31(38)25-17-10-11-18-26(25)32(37)39)33(40)42-30(23-13-6-4-7-14-23)24-15-8-5-9-16-24/h4-20,27,29-30H,21-22H2,1-3H3,(H,36,41). The molecule has 0 bridgehead atoms. The van der Waals surface area contributed by atoms with E-state index in [9.17, 15) is 19.2 Å². The molecule has 0 spiro atoms. The molecule has 3 aromatic carbocycles. The van der Waals surface area contributed by atoms with Crippen LogP contribution in [0.2, 0.25) is 0 Å². The number of hydrogen-bond donors (Lipinski definition) is 1. The summed E-state index contributed by atoms with van der Waals surface area (Å²) >= 11 is 2.86. The van der Waals surface area contributed by atoms with Gasteiger partial charge in [-0.25, -0.2) is 9.59 Å². The van der Waals surface area contributed by atoms with Gasteiger partial charge in [0.1, 0.15) is 11.6 Å². The fraction of sp³-hybridized carbons (Fsp3) is 0.257. The lowest BCUT2D eigenvalue weighted by molar-refractivity contribution is -0.151. The third-order valence-electron chi connectivity index (χ3n) is 6.99. The SMILES string of the molecule is CC(C)(C)OC(=O)NCC(SCC(C(=O)OC(c1ccccc1)c1ccccc1)N1C(=O)c2ccccc2C1=O)c1cccs1. The number of nitrogens with one attached hydrogen (secondary N) is 1. The summed E-state index contributed by atoms with van der Waals surface area (Å²) in [5.74, 6) is -1.76. The van der Waals surface area contributed by atoms with E-state index in [2.05, 4.69) is 5.32 Å². The van der Waals surface area contributed by atoms with Gasteiger partial charge in [0.25, 0.3) is 11.8 Å². The summed E-state index contributed by atoms with van der Waals surface area (Å²) in [5.41, 5.74) is 1.33. The number of amides is 3.